The summed E-state index contributed by atoms with van der Waals surface area (Å²) in [6, 6.07) is 0.276. The Kier molecular flexibility index (Phi) is 4.57. The van der Waals surface area contributed by atoms with E-state index >= 15 is 0 Å². The Morgan fingerprint density at radius 2 is 1.69 bits per heavy atom. The minimum absolute atomic E-state index is 0.0960. The lowest BCUT2D eigenvalue weighted by Crippen LogP contribution is -2.58. The molecule has 26 heavy (non-hydrogen) atoms. The van der Waals surface area contributed by atoms with Gasteiger partial charge in [-0.3, -0.25) is 9.59 Å². The second-order valence-corrected chi connectivity index (χ2v) is 9.96. The first kappa shape index (κ1) is 18.3. The normalized spacial score (nSPS) is 44.0. The summed E-state index contributed by atoms with van der Waals surface area (Å²) in [7, 11) is 1.84. The van der Waals surface area contributed by atoms with E-state index in [1.165, 1.54) is 0 Å². The lowest BCUT2D eigenvalue weighted by molar-refractivity contribution is -0.197. The monoisotopic (exact) mass is 363 g/mol. The third kappa shape index (κ3) is 3.28. The minimum atomic E-state index is -0.678. The summed E-state index contributed by atoms with van der Waals surface area (Å²) in [5.41, 5.74) is -1.22. The van der Waals surface area contributed by atoms with Crippen LogP contribution < -0.4 is 0 Å². The second-order valence-electron chi connectivity index (χ2n) is 9.96. The van der Waals surface area contributed by atoms with Crippen LogP contribution in [0.25, 0.3) is 0 Å². The second kappa shape index (κ2) is 6.50. The first-order valence-electron chi connectivity index (χ1n) is 10.4. The predicted octanol–water partition coefficient (Wildman–Crippen LogP) is 2.90. The fourth-order valence-corrected chi connectivity index (χ4v) is 6.67. The van der Waals surface area contributed by atoms with E-state index in [0.717, 1.165) is 63.7 Å². The van der Waals surface area contributed by atoms with Crippen LogP contribution in [0.5, 0.6) is 0 Å². The number of aliphatic hydroxyl groups is 1. The zero-order valence-corrected chi connectivity index (χ0v) is 16.2. The third-order valence-electron chi connectivity index (χ3n) is 7.72. The van der Waals surface area contributed by atoms with Crippen molar-refractivity contribution >= 4 is 11.9 Å². The number of rotatable bonds is 4. The summed E-state index contributed by atoms with van der Waals surface area (Å²) >= 11 is 0. The highest BCUT2D eigenvalue weighted by Crippen LogP contribution is 2.61. The molecule has 1 amide bonds. The highest BCUT2D eigenvalue weighted by atomic mass is 16.5. The zero-order chi connectivity index (χ0) is 18.5. The van der Waals surface area contributed by atoms with E-state index in [1.54, 1.807) is 4.90 Å². The Balaban J connectivity index is 1.33. The topological polar surface area (TPSA) is 66.8 Å². The van der Waals surface area contributed by atoms with Gasteiger partial charge in [-0.1, -0.05) is 6.92 Å². The van der Waals surface area contributed by atoms with Gasteiger partial charge in [0, 0.05) is 13.1 Å². The van der Waals surface area contributed by atoms with E-state index in [9.17, 15) is 14.7 Å². The minimum Gasteiger partial charge on any atom is -0.455 e. The molecule has 1 N–H and O–H groups in total. The van der Waals surface area contributed by atoms with Gasteiger partial charge in [0.25, 0.3) is 5.91 Å². The number of hydrogen-bond acceptors (Lipinski definition) is 4. The molecule has 5 heteroatoms. The number of hydrogen-bond donors (Lipinski definition) is 1. The maximum atomic E-state index is 12.9. The van der Waals surface area contributed by atoms with Crippen molar-refractivity contribution in [2.24, 2.45) is 23.2 Å². The van der Waals surface area contributed by atoms with Gasteiger partial charge in [0.15, 0.2) is 6.61 Å². The number of esters is 1. The molecule has 0 aromatic rings. The maximum Gasteiger partial charge on any atom is 0.312 e. The first-order valence-corrected chi connectivity index (χ1v) is 10.4. The van der Waals surface area contributed by atoms with Crippen LogP contribution in [-0.4, -0.2) is 47.2 Å². The average molecular weight is 363 g/mol. The van der Waals surface area contributed by atoms with Gasteiger partial charge >= 0.3 is 5.97 Å². The Morgan fingerprint density at radius 1 is 1.08 bits per heavy atom. The lowest BCUT2D eigenvalue weighted by atomic mass is 9.48. The molecule has 0 aromatic heterocycles. The average Bonchev–Trinajstić information content (AvgIpc) is 2.57. The summed E-state index contributed by atoms with van der Waals surface area (Å²) in [5.74, 6) is 1.28. The van der Waals surface area contributed by atoms with Crippen LogP contribution in [0, 0.1) is 23.2 Å². The van der Waals surface area contributed by atoms with Crippen molar-refractivity contribution in [2.45, 2.75) is 82.8 Å². The molecule has 2 atom stereocenters. The van der Waals surface area contributed by atoms with Crippen molar-refractivity contribution < 1.29 is 19.4 Å². The van der Waals surface area contributed by atoms with Gasteiger partial charge < -0.3 is 14.7 Å². The van der Waals surface area contributed by atoms with Gasteiger partial charge in [-0.15, -0.1) is 0 Å². The molecule has 0 spiro atoms. The smallest absolute Gasteiger partial charge is 0.312 e. The van der Waals surface area contributed by atoms with Crippen LogP contribution in [0.1, 0.15) is 71.1 Å². The molecule has 0 aliphatic heterocycles. The molecule has 5 saturated carbocycles. The Hall–Kier alpha value is -1.10. The summed E-state index contributed by atoms with van der Waals surface area (Å²) in [4.78, 5) is 27.2. The standard InChI is InChI=1S/C21H33NO4/c1-14-3-5-17(6-4-14)22(2)18(23)12-26-19(24)20-8-15-7-16(9-20)11-21(25,10-15)13-20/h14-17,25H,3-13H2,1-2H3/t14?,15-,16-,17?,20?,21?/m1/s1. The van der Waals surface area contributed by atoms with Crippen molar-refractivity contribution in [3.05, 3.63) is 0 Å². The van der Waals surface area contributed by atoms with E-state index in [2.05, 4.69) is 6.92 Å². The van der Waals surface area contributed by atoms with Crippen LogP contribution in [0.3, 0.4) is 0 Å². The largest absolute Gasteiger partial charge is 0.455 e. The van der Waals surface area contributed by atoms with Crippen LogP contribution in [-0.2, 0) is 14.3 Å². The Morgan fingerprint density at radius 3 is 2.27 bits per heavy atom. The zero-order valence-electron chi connectivity index (χ0n) is 16.2. The summed E-state index contributed by atoms with van der Waals surface area (Å²) < 4.78 is 5.53. The summed E-state index contributed by atoms with van der Waals surface area (Å²) in [6.45, 7) is 2.11. The number of ether oxygens (including phenoxy) is 1. The van der Waals surface area contributed by atoms with Gasteiger partial charge in [-0.2, -0.15) is 0 Å². The highest BCUT2D eigenvalue weighted by molar-refractivity contribution is 5.83. The molecule has 0 heterocycles. The highest BCUT2D eigenvalue weighted by Gasteiger charge is 2.60. The van der Waals surface area contributed by atoms with Crippen LogP contribution in [0.4, 0.5) is 0 Å². The maximum absolute atomic E-state index is 12.9. The Labute approximate surface area is 156 Å². The molecule has 146 valence electrons. The number of carbonyl (C=O) groups is 2. The van der Waals surface area contributed by atoms with Gasteiger partial charge in [0.1, 0.15) is 0 Å². The summed E-state index contributed by atoms with van der Waals surface area (Å²) in [5, 5.41) is 10.8. The molecule has 5 aliphatic rings. The van der Waals surface area contributed by atoms with Crippen molar-refractivity contribution in [1.82, 2.24) is 4.90 Å². The molecule has 5 nitrogen and oxygen atoms in total. The van der Waals surface area contributed by atoms with Crippen LogP contribution in [0.15, 0.2) is 0 Å². The first-order chi connectivity index (χ1) is 12.3. The molecule has 0 unspecified atom stereocenters. The van der Waals surface area contributed by atoms with Crippen LogP contribution >= 0.6 is 0 Å². The molecule has 0 saturated heterocycles. The molecule has 4 bridgehead atoms. The van der Waals surface area contributed by atoms with Gasteiger partial charge in [-0.05, 0) is 82.0 Å². The van der Waals surface area contributed by atoms with Crippen LogP contribution in [0.2, 0.25) is 0 Å². The van der Waals surface area contributed by atoms with E-state index in [-0.39, 0.29) is 24.5 Å². The quantitative estimate of drug-likeness (QED) is 0.780. The number of nitrogens with zero attached hydrogens (tertiary/aromatic N) is 1. The molecular formula is C21H33NO4. The number of likely N-dealkylation sites (N-methyl/N-ethyl adjacent to an activating group) is 1. The van der Waals surface area contributed by atoms with E-state index < -0.39 is 11.0 Å². The van der Waals surface area contributed by atoms with Crippen molar-refractivity contribution in [3.8, 4) is 0 Å². The van der Waals surface area contributed by atoms with E-state index in [0.29, 0.717) is 18.3 Å². The molecular weight excluding hydrogens is 330 g/mol. The third-order valence-corrected chi connectivity index (χ3v) is 7.72. The molecule has 5 fully saturated rings. The van der Waals surface area contributed by atoms with Gasteiger partial charge in [-0.25, -0.2) is 0 Å². The van der Waals surface area contributed by atoms with Gasteiger partial charge in [0.05, 0.1) is 11.0 Å². The molecule has 0 aromatic carbocycles. The number of amides is 1. The van der Waals surface area contributed by atoms with Crippen molar-refractivity contribution in [1.29, 1.82) is 0 Å². The van der Waals surface area contributed by atoms with Gasteiger partial charge in [0.2, 0.25) is 0 Å². The Bertz CT molecular complexity index is 567. The van der Waals surface area contributed by atoms with Crippen molar-refractivity contribution in [3.63, 3.8) is 0 Å². The molecule has 0 radical (unpaired) electrons. The van der Waals surface area contributed by atoms with E-state index in [4.69, 9.17) is 4.74 Å². The fourth-order valence-electron chi connectivity index (χ4n) is 6.67. The predicted molar refractivity (Wildman–Crippen MR) is 97.2 cm³/mol. The lowest BCUT2D eigenvalue weighted by Gasteiger charge is -2.58. The molecule has 5 aliphatic carbocycles. The van der Waals surface area contributed by atoms with E-state index in [1.807, 2.05) is 7.05 Å². The number of carbonyl (C=O) groups excluding carboxylic acids is 2. The van der Waals surface area contributed by atoms with Crippen molar-refractivity contribution in [2.75, 3.05) is 13.7 Å². The SMILES string of the molecule is CC1CCC(N(C)C(=O)COC(=O)C23C[C@H]4C[C@@H](CC(O)(C4)C2)C3)CC1. The summed E-state index contributed by atoms with van der Waals surface area (Å²) in [6.07, 6.45) is 9.38. The molecule has 5 rings (SSSR count). The fraction of sp³-hybridized carbons (Fsp3) is 0.905.